The zero-order valence-corrected chi connectivity index (χ0v) is 34.1. The number of fused-ring (bicyclic) bond motifs is 3. The van der Waals surface area contributed by atoms with Crippen molar-refractivity contribution >= 4 is 55.0 Å². The van der Waals surface area contributed by atoms with Crippen molar-refractivity contribution in [3.8, 4) is 0 Å². The molecule has 11 heteroatoms. The van der Waals surface area contributed by atoms with Crippen LogP contribution in [0.25, 0.3) is 6.08 Å². The fourth-order valence-electron chi connectivity index (χ4n) is 9.30. The first-order valence-corrected chi connectivity index (χ1v) is 22.4. The largest absolute Gasteiger partial charge is 0.459 e. The summed E-state index contributed by atoms with van der Waals surface area (Å²) in [4.78, 5) is 31.0. The number of aliphatic hydroxyl groups is 1. The Labute approximate surface area is 330 Å². The van der Waals surface area contributed by atoms with Crippen molar-refractivity contribution in [2.45, 2.75) is 90.4 Å². The first-order chi connectivity index (χ1) is 26.5. The molecule has 2 amide bonds. The molecule has 0 radical (unpaired) electrons. The fraction of sp³-hybridized carbons (Fsp3) is 0.409. The van der Waals surface area contributed by atoms with Gasteiger partial charge < -0.3 is 23.6 Å². The highest BCUT2D eigenvalue weighted by Gasteiger charge is 2.58. The summed E-state index contributed by atoms with van der Waals surface area (Å²) in [5.41, 5.74) is 3.20. The lowest BCUT2D eigenvalue weighted by molar-refractivity contribution is -0.140. The number of imide groups is 1. The number of aliphatic hydroxyl groups excluding tert-OH is 1. The molecule has 55 heavy (non-hydrogen) atoms. The zero-order chi connectivity index (χ0) is 38.7. The number of amides is 2. The minimum atomic E-state index is -2.96. The van der Waals surface area contributed by atoms with E-state index in [0.29, 0.717) is 37.4 Å². The predicted molar refractivity (Wildman–Crippen MR) is 220 cm³/mol. The normalized spacial score (nSPS) is 22.0. The number of carbonyl (C=O) groups excluding carboxylic acids is 2. The molecule has 2 aromatic heterocycles. The molecule has 2 fully saturated rings. The molecule has 2 saturated heterocycles. The quantitative estimate of drug-likeness (QED) is 0.0782. The van der Waals surface area contributed by atoms with Crippen LogP contribution in [-0.2, 0) is 31.8 Å². The third kappa shape index (κ3) is 7.93. The summed E-state index contributed by atoms with van der Waals surface area (Å²) in [6.07, 6.45) is 5.29. The first kappa shape index (κ1) is 39.4. The Morgan fingerprint density at radius 1 is 0.964 bits per heavy atom. The van der Waals surface area contributed by atoms with Gasteiger partial charge in [0.1, 0.15) is 18.1 Å². The number of rotatable bonds is 14. The zero-order valence-electron chi connectivity index (χ0n) is 32.3. The summed E-state index contributed by atoms with van der Waals surface area (Å²) in [6, 6.07) is 28.6. The monoisotopic (exact) mass is 777 g/mol. The number of nitrogens with zero attached hydrogens (tertiary/aromatic N) is 1. The van der Waals surface area contributed by atoms with E-state index in [9.17, 15) is 19.7 Å². The van der Waals surface area contributed by atoms with Crippen LogP contribution in [0.4, 0.5) is 0 Å². The van der Waals surface area contributed by atoms with Gasteiger partial charge in [0.15, 0.2) is 0 Å². The van der Waals surface area contributed by atoms with Gasteiger partial charge in [-0.1, -0.05) is 106 Å². The summed E-state index contributed by atoms with van der Waals surface area (Å²) in [5, 5.41) is 24.9. The molecule has 4 aromatic rings. The van der Waals surface area contributed by atoms with Crippen molar-refractivity contribution in [3.63, 3.8) is 0 Å². The van der Waals surface area contributed by atoms with Crippen LogP contribution >= 0.6 is 11.3 Å². The topological polar surface area (TPSA) is 109 Å². The fourth-order valence-corrected chi connectivity index (χ4v) is 14.5. The van der Waals surface area contributed by atoms with Crippen LogP contribution in [0, 0.1) is 17.8 Å². The Bertz CT molecular complexity index is 1970. The minimum Gasteiger partial charge on any atom is -0.459 e. The molecule has 2 N–H and O–H groups in total. The standard InChI is InChI=1S/C44H52BNO7SSi/c1-5-13-30(24-32-20-21-33(28-47)52-32)19-22-39-40-31(29-51-55(44(2,3)4,35-15-8-6-9-16-35)36-17-10-7-11-18-36)25-37-41(38(40)26-45(50)53-39)43(49)46(42(37)48)27-34-14-12-23-54-34/h6-12,14-18,20-21,23-24,37-39,41,47,50H,5,13,19,22,25-29H2,1-4H3/b30-24+/t37-,38+,39-,41-/m1/s1. The van der Waals surface area contributed by atoms with Crippen molar-refractivity contribution in [3.05, 3.63) is 123 Å². The molecular formula is C44H52BNO7SSi. The Morgan fingerprint density at radius 3 is 2.27 bits per heavy atom. The molecule has 3 aliphatic rings. The molecular weight excluding hydrogens is 725 g/mol. The number of benzene rings is 2. The summed E-state index contributed by atoms with van der Waals surface area (Å²) in [5.74, 6) is -0.543. The van der Waals surface area contributed by atoms with Gasteiger partial charge in [-0.15, -0.1) is 11.3 Å². The minimum absolute atomic E-state index is 0.142. The van der Waals surface area contributed by atoms with Crippen LogP contribution in [0.2, 0.25) is 11.4 Å². The van der Waals surface area contributed by atoms with Gasteiger partial charge in [-0.2, -0.15) is 0 Å². The van der Waals surface area contributed by atoms with E-state index < -0.39 is 33.4 Å². The SMILES string of the molecule is CCC/C(=C\c1ccc(CO)o1)CC[C@H]1OB(O)C[C@H]2C1=C(CO[Si](c1ccccc1)(c1ccccc1)C(C)(C)C)C[C@H]1C(=O)N(Cc3cccs3)C(=O)[C@H]12. The van der Waals surface area contributed by atoms with E-state index in [1.165, 1.54) is 20.8 Å². The maximum Gasteiger partial charge on any atom is 0.455 e. The second-order valence-corrected chi connectivity index (χ2v) is 21.5. The molecule has 288 valence electrons. The van der Waals surface area contributed by atoms with Crippen molar-refractivity contribution in [1.82, 2.24) is 4.90 Å². The van der Waals surface area contributed by atoms with E-state index in [4.69, 9.17) is 13.5 Å². The van der Waals surface area contributed by atoms with E-state index in [2.05, 4.69) is 76.2 Å². The van der Waals surface area contributed by atoms with Gasteiger partial charge in [0.25, 0.3) is 8.32 Å². The molecule has 2 aliphatic heterocycles. The summed E-state index contributed by atoms with van der Waals surface area (Å²) < 4.78 is 19.8. The molecule has 7 rings (SSSR count). The van der Waals surface area contributed by atoms with Crippen LogP contribution in [0.15, 0.2) is 111 Å². The number of allylic oxidation sites excluding steroid dienone is 1. The van der Waals surface area contributed by atoms with Crippen LogP contribution < -0.4 is 10.4 Å². The van der Waals surface area contributed by atoms with Gasteiger partial charge in [-0.3, -0.25) is 14.5 Å². The van der Waals surface area contributed by atoms with Gasteiger partial charge >= 0.3 is 7.12 Å². The second kappa shape index (κ2) is 16.7. The highest BCUT2D eigenvalue weighted by molar-refractivity contribution is 7.09. The highest BCUT2D eigenvalue weighted by atomic mass is 32.1. The third-order valence-corrected chi connectivity index (χ3v) is 17.5. The molecule has 0 unspecified atom stereocenters. The molecule has 4 atom stereocenters. The maximum atomic E-state index is 14.4. The lowest BCUT2D eigenvalue weighted by Crippen LogP contribution is -2.66. The molecule has 4 heterocycles. The molecule has 0 bridgehead atoms. The average molecular weight is 778 g/mol. The third-order valence-electron chi connectivity index (χ3n) is 11.7. The number of furan rings is 1. The highest BCUT2D eigenvalue weighted by Crippen LogP contribution is 2.51. The second-order valence-electron chi connectivity index (χ2n) is 16.2. The van der Waals surface area contributed by atoms with Gasteiger partial charge in [-0.25, -0.2) is 0 Å². The summed E-state index contributed by atoms with van der Waals surface area (Å²) >= 11 is 1.54. The van der Waals surface area contributed by atoms with Crippen molar-refractivity contribution < 1.29 is 33.2 Å². The Kier molecular flexibility index (Phi) is 12.0. The molecule has 2 aromatic carbocycles. The average Bonchev–Trinajstić information content (AvgIpc) is 3.92. The van der Waals surface area contributed by atoms with E-state index in [-0.39, 0.29) is 42.2 Å². The molecule has 0 spiro atoms. The summed E-state index contributed by atoms with van der Waals surface area (Å²) in [6.45, 7) is 9.30. The molecule has 0 saturated carbocycles. The van der Waals surface area contributed by atoms with Gasteiger partial charge in [0.05, 0.1) is 31.1 Å². The summed E-state index contributed by atoms with van der Waals surface area (Å²) in [7, 11) is -4.03. The number of likely N-dealkylation sites (tertiary alicyclic amines) is 1. The van der Waals surface area contributed by atoms with E-state index in [0.717, 1.165) is 28.9 Å². The Balaban J connectivity index is 1.29. The number of thiophene rings is 1. The smallest absolute Gasteiger partial charge is 0.455 e. The Morgan fingerprint density at radius 2 is 1.67 bits per heavy atom. The van der Waals surface area contributed by atoms with E-state index >= 15 is 0 Å². The van der Waals surface area contributed by atoms with Crippen LogP contribution in [0.3, 0.4) is 0 Å². The van der Waals surface area contributed by atoms with Crippen LogP contribution in [0.5, 0.6) is 0 Å². The number of hydrogen-bond acceptors (Lipinski definition) is 8. The van der Waals surface area contributed by atoms with Crippen molar-refractivity contribution in [1.29, 1.82) is 0 Å². The predicted octanol–water partition coefficient (Wildman–Crippen LogP) is 7.37. The van der Waals surface area contributed by atoms with Crippen LogP contribution in [0.1, 0.15) is 76.2 Å². The van der Waals surface area contributed by atoms with Crippen molar-refractivity contribution in [2.75, 3.05) is 6.61 Å². The molecule has 1 aliphatic carbocycles. The Hall–Kier alpha value is -3.84. The number of hydrogen-bond donors (Lipinski definition) is 2. The molecule has 8 nitrogen and oxygen atoms in total. The van der Waals surface area contributed by atoms with Gasteiger partial charge in [0, 0.05) is 4.88 Å². The number of carbonyl (C=O) groups is 2. The first-order valence-electron chi connectivity index (χ1n) is 19.6. The van der Waals surface area contributed by atoms with Gasteiger partial charge in [0.2, 0.25) is 11.8 Å². The lowest BCUT2D eigenvalue weighted by Gasteiger charge is -2.46. The maximum absolute atomic E-state index is 14.4. The van der Waals surface area contributed by atoms with E-state index in [1.807, 2.05) is 41.8 Å². The van der Waals surface area contributed by atoms with E-state index in [1.54, 1.807) is 17.4 Å². The van der Waals surface area contributed by atoms with Crippen LogP contribution in [-0.4, -0.2) is 55.0 Å². The van der Waals surface area contributed by atoms with Crippen molar-refractivity contribution in [2.24, 2.45) is 17.8 Å². The lowest BCUT2D eigenvalue weighted by atomic mass is 9.58. The van der Waals surface area contributed by atoms with Gasteiger partial charge in [-0.05, 0) is 94.1 Å².